The van der Waals surface area contributed by atoms with Crippen molar-refractivity contribution in [2.24, 2.45) is 0 Å². The Bertz CT molecular complexity index is 1850. The summed E-state index contributed by atoms with van der Waals surface area (Å²) in [5.41, 5.74) is 4.23. The number of nitrogens with zero attached hydrogens (tertiary/aromatic N) is 4. The quantitative estimate of drug-likeness (QED) is 0.298. The van der Waals surface area contributed by atoms with Crippen LogP contribution >= 0.6 is 0 Å². The highest BCUT2D eigenvalue weighted by Crippen LogP contribution is 2.27. The van der Waals surface area contributed by atoms with Crippen LogP contribution < -0.4 is 10.9 Å². The van der Waals surface area contributed by atoms with Gasteiger partial charge in [-0.2, -0.15) is 5.10 Å². The monoisotopic (exact) mass is 552 g/mol. The lowest BCUT2D eigenvalue weighted by Gasteiger charge is -2.09. The van der Waals surface area contributed by atoms with Gasteiger partial charge in [-0.25, -0.2) is 13.8 Å². The van der Waals surface area contributed by atoms with Crippen LogP contribution in [0.4, 0.5) is 8.78 Å². The maximum Gasteiger partial charge on any atom is 0.266 e. The molecule has 1 amide bonds. The fourth-order valence-electron chi connectivity index (χ4n) is 4.37. The first kappa shape index (κ1) is 27.4. The van der Waals surface area contributed by atoms with Crippen molar-refractivity contribution in [2.75, 3.05) is 20.6 Å². The van der Waals surface area contributed by atoms with E-state index in [9.17, 15) is 18.4 Å². The Balaban J connectivity index is 1.23. The molecule has 2 N–H and O–H groups in total. The van der Waals surface area contributed by atoms with Gasteiger partial charge in [-0.3, -0.25) is 19.3 Å². The third-order valence-electron chi connectivity index (χ3n) is 6.34. The van der Waals surface area contributed by atoms with Gasteiger partial charge in [0.2, 0.25) is 0 Å². The van der Waals surface area contributed by atoms with Crippen LogP contribution in [0.1, 0.15) is 27.0 Å². The van der Waals surface area contributed by atoms with Gasteiger partial charge in [0.05, 0.1) is 30.6 Å². The number of nitrogens with one attached hydrogen (secondary N) is 2. The Labute approximate surface area is 234 Å². The molecule has 5 aromatic rings. The summed E-state index contributed by atoms with van der Waals surface area (Å²) < 4.78 is 27.9. The fourth-order valence-corrected chi connectivity index (χ4v) is 4.37. The summed E-state index contributed by atoms with van der Waals surface area (Å²) >= 11 is 0. The number of amides is 1. The number of hydrogen-bond acceptors (Lipinski definition) is 5. The highest BCUT2D eigenvalue weighted by molar-refractivity contribution is 5.94. The van der Waals surface area contributed by atoms with Gasteiger partial charge in [0.15, 0.2) is 11.6 Å². The molecule has 2 aromatic heterocycles. The van der Waals surface area contributed by atoms with E-state index in [1.165, 1.54) is 18.0 Å². The number of benzene rings is 3. The Morgan fingerprint density at radius 3 is 2.56 bits per heavy atom. The molecule has 41 heavy (non-hydrogen) atoms. The molecule has 0 radical (unpaired) electrons. The molecule has 3 aromatic carbocycles. The first-order valence-corrected chi connectivity index (χ1v) is 12.8. The zero-order valence-electron chi connectivity index (χ0n) is 22.4. The second-order valence-electron chi connectivity index (χ2n) is 9.74. The number of fused-ring (bicyclic) bond motifs is 1. The average molecular weight is 553 g/mol. The molecule has 2 heterocycles. The van der Waals surface area contributed by atoms with Crippen molar-refractivity contribution in [3.63, 3.8) is 0 Å². The van der Waals surface area contributed by atoms with E-state index in [4.69, 9.17) is 0 Å². The van der Waals surface area contributed by atoms with Crippen molar-refractivity contribution in [2.45, 2.75) is 13.1 Å². The number of halogens is 2. The lowest BCUT2D eigenvalue weighted by molar-refractivity contribution is 0.0956. The third-order valence-corrected chi connectivity index (χ3v) is 6.34. The van der Waals surface area contributed by atoms with Crippen LogP contribution in [0, 0.1) is 23.5 Å². The molecule has 0 saturated carbocycles. The highest BCUT2D eigenvalue weighted by Gasteiger charge is 2.13. The molecular formula is C31H26F2N6O2. The van der Waals surface area contributed by atoms with E-state index >= 15 is 0 Å². The van der Waals surface area contributed by atoms with Gasteiger partial charge in [-0.1, -0.05) is 42.2 Å². The van der Waals surface area contributed by atoms with Gasteiger partial charge in [-0.05, 0) is 55.6 Å². The minimum absolute atomic E-state index is 0.00189. The Hall–Kier alpha value is -5.14. The van der Waals surface area contributed by atoms with Crippen molar-refractivity contribution in [3.8, 4) is 23.1 Å². The zero-order chi connectivity index (χ0) is 28.9. The van der Waals surface area contributed by atoms with Crippen LogP contribution in [-0.2, 0) is 13.1 Å². The van der Waals surface area contributed by atoms with Crippen molar-refractivity contribution in [3.05, 3.63) is 117 Å². The lowest BCUT2D eigenvalue weighted by Crippen LogP contribution is -2.33. The van der Waals surface area contributed by atoms with E-state index in [1.807, 2.05) is 32.3 Å². The van der Waals surface area contributed by atoms with Crippen molar-refractivity contribution in [1.82, 2.24) is 30.0 Å². The Kier molecular flexibility index (Phi) is 7.99. The van der Waals surface area contributed by atoms with E-state index in [0.717, 1.165) is 57.2 Å². The number of aromatic amines is 1. The molecule has 0 saturated heterocycles. The van der Waals surface area contributed by atoms with Gasteiger partial charge >= 0.3 is 0 Å². The van der Waals surface area contributed by atoms with Crippen molar-refractivity contribution in [1.29, 1.82) is 0 Å². The van der Waals surface area contributed by atoms with Crippen molar-refractivity contribution < 1.29 is 13.6 Å². The fraction of sp³-hybridized carbons (Fsp3) is 0.161. The smallest absolute Gasteiger partial charge is 0.266 e. The van der Waals surface area contributed by atoms with Gasteiger partial charge in [0.1, 0.15) is 5.56 Å². The van der Waals surface area contributed by atoms with E-state index < -0.39 is 23.1 Å². The predicted octanol–water partition coefficient (Wildman–Crippen LogP) is 3.96. The molecule has 0 bridgehead atoms. The molecule has 0 aliphatic carbocycles. The topological polar surface area (TPSA) is 95.9 Å². The molecule has 0 aliphatic rings. The molecule has 206 valence electrons. The number of hydrogen-bond donors (Lipinski definition) is 2. The number of H-pyrrole nitrogens is 1. The first-order valence-electron chi connectivity index (χ1n) is 12.8. The summed E-state index contributed by atoms with van der Waals surface area (Å²) in [5, 5.41) is 11.1. The van der Waals surface area contributed by atoms with E-state index in [1.54, 1.807) is 0 Å². The molecule has 0 atom stereocenters. The first-order chi connectivity index (χ1) is 19.8. The largest absolute Gasteiger partial charge is 0.341 e. The number of carbonyl (C=O) groups excluding carboxylic acids is 1. The minimum Gasteiger partial charge on any atom is -0.341 e. The molecule has 8 nitrogen and oxygen atoms in total. The minimum atomic E-state index is -1.02. The number of rotatable bonds is 7. The van der Waals surface area contributed by atoms with Gasteiger partial charge in [0, 0.05) is 29.3 Å². The highest BCUT2D eigenvalue weighted by atomic mass is 19.2. The summed E-state index contributed by atoms with van der Waals surface area (Å²) in [6.45, 7) is 0.801. The van der Waals surface area contributed by atoms with Gasteiger partial charge in [0.25, 0.3) is 11.5 Å². The van der Waals surface area contributed by atoms with Crippen LogP contribution in [0.15, 0.2) is 78.0 Å². The SMILES string of the molecule is CN(C)Cc1ccc(-c2n[nH]c3cc(C#CCNC(=O)c4cncn(Cc5ccc(F)c(F)c5)c4=O)ccc23)cc1. The molecule has 0 aliphatic heterocycles. The van der Waals surface area contributed by atoms with Crippen LogP contribution in [0.3, 0.4) is 0 Å². The van der Waals surface area contributed by atoms with Gasteiger partial charge in [-0.15, -0.1) is 0 Å². The van der Waals surface area contributed by atoms with Crippen LogP contribution in [0.2, 0.25) is 0 Å². The van der Waals surface area contributed by atoms with Crippen LogP contribution in [0.5, 0.6) is 0 Å². The summed E-state index contributed by atoms with van der Waals surface area (Å²) in [4.78, 5) is 31.4. The van der Waals surface area contributed by atoms with E-state index in [2.05, 4.69) is 61.5 Å². The third kappa shape index (κ3) is 6.37. The standard InChI is InChI=1S/C31H26F2N6O2/c1-38(2)17-21-5-9-23(10-6-21)29-24-11-7-20(15-28(24)36-37-29)4-3-13-35-30(40)25-16-34-19-39(31(25)41)18-22-8-12-26(32)27(33)14-22/h5-12,14-16,19H,13,17-18H2,1-2H3,(H,35,40)(H,36,37). The molecule has 0 fully saturated rings. The average Bonchev–Trinajstić information content (AvgIpc) is 3.37. The number of carbonyl (C=O) groups is 1. The van der Waals surface area contributed by atoms with Crippen molar-refractivity contribution >= 4 is 16.8 Å². The molecule has 5 rings (SSSR count). The lowest BCUT2D eigenvalue weighted by atomic mass is 10.0. The molecule has 10 heteroatoms. The maximum atomic E-state index is 13.5. The molecule has 0 spiro atoms. The molecule has 0 unspecified atom stereocenters. The second-order valence-corrected chi connectivity index (χ2v) is 9.74. The summed E-state index contributed by atoms with van der Waals surface area (Å²) in [6, 6.07) is 17.4. The van der Waals surface area contributed by atoms with E-state index in [0.29, 0.717) is 5.56 Å². The predicted molar refractivity (Wildman–Crippen MR) is 152 cm³/mol. The summed E-state index contributed by atoms with van der Waals surface area (Å²) in [5.74, 6) is 3.25. The van der Waals surface area contributed by atoms with Gasteiger partial charge < -0.3 is 10.2 Å². The Morgan fingerprint density at radius 1 is 1.02 bits per heavy atom. The maximum absolute atomic E-state index is 13.5. The zero-order valence-corrected chi connectivity index (χ0v) is 22.4. The Morgan fingerprint density at radius 2 is 1.80 bits per heavy atom. The van der Waals surface area contributed by atoms with Crippen LogP contribution in [-0.4, -0.2) is 51.2 Å². The number of aromatic nitrogens is 4. The summed E-state index contributed by atoms with van der Waals surface area (Å²) in [7, 11) is 4.07. The molecular weight excluding hydrogens is 526 g/mol. The normalized spacial score (nSPS) is 11.0. The van der Waals surface area contributed by atoms with E-state index in [-0.39, 0.29) is 18.7 Å². The summed E-state index contributed by atoms with van der Waals surface area (Å²) in [6.07, 6.45) is 2.39. The van der Waals surface area contributed by atoms with Crippen LogP contribution in [0.25, 0.3) is 22.2 Å². The second kappa shape index (κ2) is 11.9.